The fourth-order valence-corrected chi connectivity index (χ4v) is 8.60. The number of hydrogen-bond donors (Lipinski definition) is 2. The van der Waals surface area contributed by atoms with E-state index in [0.29, 0.717) is 12.5 Å². The molecule has 176 valence electrons. The van der Waals surface area contributed by atoms with Gasteiger partial charge in [0.15, 0.2) is 0 Å². The molecule has 1 aromatic carbocycles. The van der Waals surface area contributed by atoms with Gasteiger partial charge in [-0.05, 0) is 81.8 Å². The fraction of sp³-hybridized carbons (Fsp3) is 0.643. The zero-order valence-corrected chi connectivity index (χ0v) is 20.7. The summed E-state index contributed by atoms with van der Waals surface area (Å²) in [5.74, 6) is 0.611. The molecule has 2 amide bonds. The molecular weight excluding hydrogens is 410 g/mol. The van der Waals surface area contributed by atoms with Crippen LogP contribution in [0, 0.1) is 11.3 Å². The first-order valence-corrected chi connectivity index (χ1v) is 12.7. The third-order valence-corrected chi connectivity index (χ3v) is 10.3. The molecule has 2 bridgehead atoms. The maximum absolute atomic E-state index is 14.0. The highest BCUT2D eigenvalue weighted by atomic mass is 16.2. The molecule has 1 aromatic rings. The summed E-state index contributed by atoms with van der Waals surface area (Å²) in [4.78, 5) is 30.1. The van der Waals surface area contributed by atoms with Crippen LogP contribution >= 0.6 is 0 Å². The Kier molecular flexibility index (Phi) is 4.21. The zero-order valence-electron chi connectivity index (χ0n) is 20.7. The lowest BCUT2D eigenvalue weighted by Gasteiger charge is -2.65. The molecule has 33 heavy (non-hydrogen) atoms. The number of allylic oxidation sites excluding steroid dienone is 2. The Morgan fingerprint density at radius 1 is 1.21 bits per heavy atom. The number of hydrogen-bond acceptors (Lipinski definition) is 3. The van der Waals surface area contributed by atoms with Gasteiger partial charge >= 0.3 is 0 Å². The summed E-state index contributed by atoms with van der Waals surface area (Å²) in [6.45, 7) is 12.0. The Bertz CT molecular complexity index is 1100. The maximum Gasteiger partial charge on any atom is 0.241 e. The first-order chi connectivity index (χ1) is 15.6. The Labute approximate surface area is 197 Å². The molecule has 5 atom stereocenters. The number of para-hydroxylation sites is 1. The van der Waals surface area contributed by atoms with Crippen LogP contribution in [0.5, 0.6) is 0 Å². The second-order valence-corrected chi connectivity index (χ2v) is 12.4. The Morgan fingerprint density at radius 3 is 2.76 bits per heavy atom. The molecule has 2 N–H and O–H groups in total. The first-order valence-electron chi connectivity index (χ1n) is 12.7. The zero-order chi connectivity index (χ0) is 23.4. The van der Waals surface area contributed by atoms with Gasteiger partial charge in [0.25, 0.3) is 0 Å². The van der Waals surface area contributed by atoms with Crippen molar-refractivity contribution in [2.24, 2.45) is 11.3 Å². The van der Waals surface area contributed by atoms with Crippen LogP contribution in [0.25, 0.3) is 0 Å². The average molecular weight is 448 g/mol. The molecule has 5 nitrogen and oxygen atoms in total. The van der Waals surface area contributed by atoms with Crippen molar-refractivity contribution < 1.29 is 9.59 Å². The summed E-state index contributed by atoms with van der Waals surface area (Å²) in [6.07, 6.45) is 7.81. The van der Waals surface area contributed by atoms with Gasteiger partial charge in [0.1, 0.15) is 5.54 Å². The van der Waals surface area contributed by atoms with Crippen LogP contribution in [0.3, 0.4) is 0 Å². The smallest absolute Gasteiger partial charge is 0.241 e. The van der Waals surface area contributed by atoms with Crippen LogP contribution in [0.15, 0.2) is 29.8 Å². The third-order valence-electron chi connectivity index (χ3n) is 10.3. The van der Waals surface area contributed by atoms with Gasteiger partial charge < -0.3 is 10.6 Å². The van der Waals surface area contributed by atoms with Crippen molar-refractivity contribution in [3.05, 3.63) is 41.0 Å². The molecule has 0 unspecified atom stereocenters. The van der Waals surface area contributed by atoms with Gasteiger partial charge in [0.05, 0.1) is 11.0 Å². The number of nitrogens with one attached hydrogen (secondary N) is 2. The van der Waals surface area contributed by atoms with Gasteiger partial charge in [-0.1, -0.05) is 43.7 Å². The van der Waals surface area contributed by atoms with Crippen LogP contribution in [0.1, 0.15) is 77.8 Å². The van der Waals surface area contributed by atoms with Crippen LogP contribution in [0.4, 0.5) is 5.69 Å². The number of fused-ring (bicyclic) bond motifs is 3. The Hall–Kier alpha value is -2.14. The molecule has 3 spiro atoms. The van der Waals surface area contributed by atoms with Crippen molar-refractivity contribution in [2.75, 3.05) is 11.9 Å². The summed E-state index contributed by atoms with van der Waals surface area (Å²) < 4.78 is 0. The number of benzene rings is 1. The second-order valence-electron chi connectivity index (χ2n) is 12.4. The van der Waals surface area contributed by atoms with Crippen molar-refractivity contribution in [2.45, 2.75) is 95.7 Å². The largest absolute Gasteiger partial charge is 0.347 e. The number of nitrogens with zero attached hydrogens (tertiary/aromatic N) is 1. The standard InChI is InChI=1S/C28H37N3O2/c1-17(2)11-12-19-9-6-10-20-22(19)29-24(33)28(20)15-26-16-31-18(3)8-7-13-27(31,23(32)30-26)14-21(26)25(28,4)5/h6,9-11,18,21H,7-8,12-16H2,1-5H3,(H,29,33)(H,30,32)/t18-,21-,26+,27-,28-/m0/s1. The number of rotatable bonds is 2. The number of carbonyl (C=O) groups is 2. The first kappa shape index (κ1) is 21.4. The summed E-state index contributed by atoms with van der Waals surface area (Å²) in [6, 6.07) is 6.84. The number of carbonyl (C=O) groups excluding carboxylic acids is 2. The van der Waals surface area contributed by atoms with Crippen molar-refractivity contribution in [1.82, 2.24) is 10.2 Å². The summed E-state index contributed by atoms with van der Waals surface area (Å²) >= 11 is 0. The minimum Gasteiger partial charge on any atom is -0.347 e. The van der Waals surface area contributed by atoms with Crippen molar-refractivity contribution in [3.8, 4) is 0 Å². The van der Waals surface area contributed by atoms with Gasteiger partial charge in [0, 0.05) is 18.3 Å². The van der Waals surface area contributed by atoms with E-state index in [9.17, 15) is 9.59 Å². The molecule has 5 heteroatoms. The van der Waals surface area contributed by atoms with E-state index in [4.69, 9.17) is 0 Å². The van der Waals surface area contributed by atoms with Crippen molar-refractivity contribution in [3.63, 3.8) is 0 Å². The predicted molar refractivity (Wildman–Crippen MR) is 130 cm³/mol. The molecule has 5 aliphatic heterocycles. The van der Waals surface area contributed by atoms with Gasteiger partial charge in [0.2, 0.25) is 11.8 Å². The highest BCUT2D eigenvalue weighted by Gasteiger charge is 2.77. The number of amides is 2. The topological polar surface area (TPSA) is 61.4 Å². The lowest BCUT2D eigenvalue weighted by molar-refractivity contribution is -0.173. The van der Waals surface area contributed by atoms with Gasteiger partial charge in [-0.25, -0.2) is 0 Å². The Balaban J connectivity index is 1.50. The van der Waals surface area contributed by atoms with Crippen LogP contribution in [-0.2, 0) is 21.4 Å². The lowest BCUT2D eigenvalue weighted by atomic mass is 9.56. The van der Waals surface area contributed by atoms with Gasteiger partial charge in [-0.2, -0.15) is 0 Å². The molecule has 5 fully saturated rings. The monoisotopic (exact) mass is 447 g/mol. The SMILES string of the molecule is CC(C)=CCc1cccc2c1NC(=O)[C@]21C[C@@]23CN4[C@@H](C)CCC[C@]4(C[C@H]2C1(C)C)C(=O)N3. The van der Waals surface area contributed by atoms with E-state index in [2.05, 4.69) is 74.4 Å². The van der Waals surface area contributed by atoms with Crippen molar-refractivity contribution in [1.29, 1.82) is 0 Å². The molecule has 6 aliphatic rings. The van der Waals surface area contributed by atoms with E-state index in [1.54, 1.807) is 0 Å². The Morgan fingerprint density at radius 2 is 2.00 bits per heavy atom. The summed E-state index contributed by atoms with van der Waals surface area (Å²) in [7, 11) is 0. The normalized spacial score (nSPS) is 40.2. The van der Waals surface area contributed by atoms with Crippen LogP contribution in [-0.4, -0.2) is 40.4 Å². The predicted octanol–water partition coefficient (Wildman–Crippen LogP) is 4.32. The molecule has 1 aliphatic carbocycles. The average Bonchev–Trinajstić information content (AvgIpc) is 3.15. The van der Waals surface area contributed by atoms with E-state index in [0.717, 1.165) is 49.9 Å². The molecule has 1 saturated carbocycles. The minimum absolute atomic E-state index is 0.122. The molecular formula is C28H37N3O2. The second kappa shape index (κ2) is 6.50. The minimum atomic E-state index is -0.620. The van der Waals surface area contributed by atoms with E-state index in [1.165, 1.54) is 11.1 Å². The van der Waals surface area contributed by atoms with E-state index in [-0.39, 0.29) is 28.7 Å². The molecule has 0 radical (unpaired) electrons. The number of anilines is 1. The van der Waals surface area contributed by atoms with Crippen LogP contribution in [0.2, 0.25) is 0 Å². The highest BCUT2D eigenvalue weighted by molar-refractivity contribution is 6.08. The molecule has 4 saturated heterocycles. The maximum atomic E-state index is 14.0. The van der Waals surface area contributed by atoms with E-state index in [1.807, 2.05) is 0 Å². The van der Waals surface area contributed by atoms with Gasteiger partial charge in [-0.15, -0.1) is 0 Å². The lowest BCUT2D eigenvalue weighted by Crippen LogP contribution is -2.82. The van der Waals surface area contributed by atoms with Gasteiger partial charge in [-0.3, -0.25) is 14.5 Å². The van der Waals surface area contributed by atoms with E-state index >= 15 is 0 Å². The molecule has 5 heterocycles. The third kappa shape index (κ3) is 2.42. The molecule has 7 rings (SSSR count). The summed E-state index contributed by atoms with van der Waals surface area (Å²) in [5.41, 5.74) is 2.99. The van der Waals surface area contributed by atoms with Crippen molar-refractivity contribution >= 4 is 17.5 Å². The fourth-order valence-electron chi connectivity index (χ4n) is 8.60. The van der Waals surface area contributed by atoms with E-state index < -0.39 is 11.0 Å². The summed E-state index contributed by atoms with van der Waals surface area (Å²) in [5, 5.41) is 6.87. The molecule has 0 aromatic heterocycles. The quantitative estimate of drug-likeness (QED) is 0.664. The highest BCUT2D eigenvalue weighted by Crippen LogP contribution is 2.70. The van der Waals surface area contributed by atoms with Crippen LogP contribution < -0.4 is 10.6 Å². The number of piperazine rings is 1. The number of piperidine rings is 3.